The van der Waals surface area contributed by atoms with E-state index in [1.165, 1.54) is 7.11 Å². The molecular weight excluding hydrogens is 270 g/mol. The number of nitro groups is 1. The van der Waals surface area contributed by atoms with Crippen LogP contribution in [0.15, 0.2) is 18.2 Å². The van der Waals surface area contributed by atoms with E-state index in [0.717, 1.165) is 44.6 Å². The van der Waals surface area contributed by atoms with Crippen molar-refractivity contribution in [3.05, 3.63) is 33.9 Å². The third kappa shape index (κ3) is 3.71. The second-order valence-electron chi connectivity index (χ2n) is 5.28. The van der Waals surface area contributed by atoms with Gasteiger partial charge in [0.25, 0.3) is 0 Å². The number of nitro benzene ring substituents is 1. The van der Waals surface area contributed by atoms with Gasteiger partial charge in [0, 0.05) is 38.3 Å². The Bertz CT molecular complexity index is 487. The first kappa shape index (κ1) is 15.7. The van der Waals surface area contributed by atoms with Crippen molar-refractivity contribution in [1.29, 1.82) is 0 Å². The van der Waals surface area contributed by atoms with Crippen LogP contribution in [-0.4, -0.2) is 43.1 Å². The average molecular weight is 293 g/mol. The Balaban J connectivity index is 2.30. The van der Waals surface area contributed by atoms with E-state index in [2.05, 4.69) is 17.1 Å². The minimum Gasteiger partial charge on any atom is -0.490 e. The molecule has 0 unspecified atom stereocenters. The highest BCUT2D eigenvalue weighted by molar-refractivity contribution is 5.49. The summed E-state index contributed by atoms with van der Waals surface area (Å²) in [6.07, 6.45) is 2.05. The smallest absolute Gasteiger partial charge is 0.311 e. The normalized spacial score (nSPS) is 17.4. The average Bonchev–Trinajstić information content (AvgIpc) is 2.52. The predicted molar refractivity (Wildman–Crippen MR) is 81.7 cm³/mol. The van der Waals surface area contributed by atoms with E-state index < -0.39 is 0 Å². The molecule has 0 saturated carbocycles. The van der Waals surface area contributed by atoms with Gasteiger partial charge in [0.15, 0.2) is 5.75 Å². The Labute approximate surface area is 125 Å². The lowest BCUT2D eigenvalue weighted by Crippen LogP contribution is -2.45. The van der Waals surface area contributed by atoms with Crippen molar-refractivity contribution < 1.29 is 9.66 Å². The molecule has 116 valence electrons. The maximum Gasteiger partial charge on any atom is 0.311 e. The topological polar surface area (TPSA) is 67.6 Å². The molecule has 1 aromatic carbocycles. The molecule has 0 aliphatic carbocycles. The molecule has 0 aromatic heterocycles. The summed E-state index contributed by atoms with van der Waals surface area (Å²) in [5.41, 5.74) is 1.05. The van der Waals surface area contributed by atoms with Gasteiger partial charge in [-0.05, 0) is 18.1 Å². The third-order valence-electron chi connectivity index (χ3n) is 3.94. The number of ether oxygens (including phenoxy) is 1. The number of piperazine rings is 1. The van der Waals surface area contributed by atoms with Crippen LogP contribution < -0.4 is 10.1 Å². The Kier molecular flexibility index (Phi) is 5.52. The lowest BCUT2D eigenvalue weighted by molar-refractivity contribution is -0.385. The van der Waals surface area contributed by atoms with Gasteiger partial charge in [-0.3, -0.25) is 15.0 Å². The molecule has 0 bridgehead atoms. The summed E-state index contributed by atoms with van der Waals surface area (Å²) in [6, 6.07) is 5.56. The van der Waals surface area contributed by atoms with E-state index in [1.54, 1.807) is 12.1 Å². The van der Waals surface area contributed by atoms with Crippen molar-refractivity contribution >= 4 is 5.69 Å². The van der Waals surface area contributed by atoms with E-state index in [1.807, 2.05) is 6.07 Å². The molecule has 1 fully saturated rings. The zero-order valence-electron chi connectivity index (χ0n) is 12.7. The molecule has 1 heterocycles. The van der Waals surface area contributed by atoms with Gasteiger partial charge in [0.05, 0.1) is 12.0 Å². The van der Waals surface area contributed by atoms with Crippen LogP contribution in [0, 0.1) is 10.1 Å². The van der Waals surface area contributed by atoms with Crippen molar-refractivity contribution in [2.75, 3.05) is 33.3 Å². The Morgan fingerprint density at radius 2 is 2.14 bits per heavy atom. The number of hydrogen-bond donors (Lipinski definition) is 1. The zero-order chi connectivity index (χ0) is 15.2. The highest BCUT2D eigenvalue weighted by atomic mass is 16.6. The monoisotopic (exact) mass is 293 g/mol. The van der Waals surface area contributed by atoms with Crippen molar-refractivity contribution in [3.63, 3.8) is 0 Å². The number of benzene rings is 1. The third-order valence-corrected chi connectivity index (χ3v) is 3.94. The Morgan fingerprint density at radius 1 is 1.43 bits per heavy atom. The molecule has 1 N–H and O–H groups in total. The van der Waals surface area contributed by atoms with Crippen LogP contribution in [0.5, 0.6) is 5.75 Å². The summed E-state index contributed by atoms with van der Waals surface area (Å²) in [7, 11) is 1.46. The van der Waals surface area contributed by atoms with Crippen LogP contribution in [0.1, 0.15) is 31.4 Å². The molecule has 2 rings (SSSR count). The molecule has 21 heavy (non-hydrogen) atoms. The largest absolute Gasteiger partial charge is 0.490 e. The second-order valence-corrected chi connectivity index (χ2v) is 5.28. The number of nitrogens with one attached hydrogen (secondary N) is 1. The van der Waals surface area contributed by atoms with E-state index in [4.69, 9.17) is 4.74 Å². The second kappa shape index (κ2) is 7.38. The van der Waals surface area contributed by atoms with Gasteiger partial charge in [-0.1, -0.05) is 19.4 Å². The van der Waals surface area contributed by atoms with Crippen LogP contribution in [0.2, 0.25) is 0 Å². The zero-order valence-corrected chi connectivity index (χ0v) is 12.7. The fraction of sp³-hybridized carbons (Fsp3) is 0.600. The molecule has 1 aliphatic heterocycles. The van der Waals surface area contributed by atoms with Crippen LogP contribution in [-0.2, 0) is 0 Å². The molecule has 1 saturated heterocycles. The first-order valence-electron chi connectivity index (χ1n) is 7.44. The van der Waals surface area contributed by atoms with Crippen LogP contribution >= 0.6 is 0 Å². The summed E-state index contributed by atoms with van der Waals surface area (Å²) >= 11 is 0. The first-order valence-corrected chi connectivity index (χ1v) is 7.44. The molecule has 0 spiro atoms. The van der Waals surface area contributed by atoms with Gasteiger partial charge in [-0.25, -0.2) is 0 Å². The van der Waals surface area contributed by atoms with E-state index >= 15 is 0 Å². The molecule has 0 radical (unpaired) electrons. The maximum atomic E-state index is 11.2. The number of hydrogen-bond acceptors (Lipinski definition) is 5. The lowest BCUT2D eigenvalue weighted by atomic mass is 9.99. The molecule has 0 amide bonds. The summed E-state index contributed by atoms with van der Waals surface area (Å²) in [6.45, 7) is 6.04. The van der Waals surface area contributed by atoms with Crippen molar-refractivity contribution in [2.24, 2.45) is 0 Å². The van der Waals surface area contributed by atoms with Crippen LogP contribution in [0.25, 0.3) is 0 Å². The standard InChI is InChI=1S/C15H23N3O3/c1-3-4-13(17-9-7-16-8-10-17)12-5-6-15(21-2)14(11-12)18(19)20/h5-6,11,13,16H,3-4,7-10H2,1-2H3/t13-/m0/s1. The molecule has 1 atom stereocenters. The van der Waals surface area contributed by atoms with E-state index in [-0.39, 0.29) is 16.7 Å². The summed E-state index contributed by atoms with van der Waals surface area (Å²) in [5, 5.41) is 14.5. The molecule has 1 aliphatic rings. The van der Waals surface area contributed by atoms with Crippen molar-refractivity contribution in [1.82, 2.24) is 10.2 Å². The van der Waals surface area contributed by atoms with Gasteiger partial charge in [0.2, 0.25) is 0 Å². The molecule has 6 nitrogen and oxygen atoms in total. The first-order chi connectivity index (χ1) is 10.2. The van der Waals surface area contributed by atoms with E-state index in [9.17, 15) is 10.1 Å². The maximum absolute atomic E-state index is 11.2. The van der Waals surface area contributed by atoms with Crippen molar-refractivity contribution in [3.8, 4) is 5.75 Å². The SMILES string of the molecule is CCC[C@@H](c1ccc(OC)c([N+](=O)[O-])c1)N1CCNCC1. The minimum absolute atomic E-state index is 0.0474. The highest BCUT2D eigenvalue weighted by Gasteiger charge is 2.24. The van der Waals surface area contributed by atoms with Gasteiger partial charge in [0.1, 0.15) is 0 Å². The fourth-order valence-electron chi connectivity index (χ4n) is 2.88. The number of methoxy groups -OCH3 is 1. The predicted octanol–water partition coefficient (Wildman–Crippen LogP) is 2.35. The Morgan fingerprint density at radius 3 is 2.71 bits per heavy atom. The minimum atomic E-state index is -0.372. The molecular formula is C15H23N3O3. The molecule has 1 aromatic rings. The highest BCUT2D eigenvalue weighted by Crippen LogP contribution is 2.33. The molecule has 6 heteroatoms. The Hall–Kier alpha value is -1.66. The van der Waals surface area contributed by atoms with Gasteiger partial charge in [-0.2, -0.15) is 0 Å². The van der Waals surface area contributed by atoms with Crippen LogP contribution in [0.4, 0.5) is 5.69 Å². The number of rotatable bonds is 6. The van der Waals surface area contributed by atoms with Crippen LogP contribution in [0.3, 0.4) is 0 Å². The summed E-state index contributed by atoms with van der Waals surface area (Å²) in [5.74, 6) is 0.319. The van der Waals surface area contributed by atoms with Gasteiger partial charge in [-0.15, -0.1) is 0 Å². The quantitative estimate of drug-likeness (QED) is 0.644. The van der Waals surface area contributed by atoms with Gasteiger partial charge < -0.3 is 10.1 Å². The van der Waals surface area contributed by atoms with Gasteiger partial charge >= 0.3 is 5.69 Å². The number of nitrogens with zero attached hydrogens (tertiary/aromatic N) is 2. The van der Waals surface area contributed by atoms with E-state index in [0.29, 0.717) is 5.75 Å². The summed E-state index contributed by atoms with van der Waals surface area (Å²) in [4.78, 5) is 13.2. The van der Waals surface area contributed by atoms with Crippen molar-refractivity contribution in [2.45, 2.75) is 25.8 Å². The summed E-state index contributed by atoms with van der Waals surface area (Å²) < 4.78 is 5.08. The fourth-order valence-corrected chi connectivity index (χ4v) is 2.88. The lowest BCUT2D eigenvalue weighted by Gasteiger charge is -2.35.